The van der Waals surface area contributed by atoms with Crippen LogP contribution in [0.15, 0.2) is 54.9 Å². The van der Waals surface area contributed by atoms with Crippen molar-refractivity contribution in [2.45, 2.75) is 95.6 Å². The van der Waals surface area contributed by atoms with Crippen LogP contribution in [0.3, 0.4) is 0 Å². The number of nitrogens with one attached hydrogen (secondary N) is 3. The number of fused-ring (bicyclic) bond motifs is 1. The molecule has 8 rings (SSSR count). The van der Waals surface area contributed by atoms with E-state index in [4.69, 9.17) is 21.3 Å². The van der Waals surface area contributed by atoms with Crippen molar-refractivity contribution in [3.05, 3.63) is 87.8 Å². The van der Waals surface area contributed by atoms with Gasteiger partial charge < -0.3 is 20.3 Å². The number of ether oxygens (including phenoxy) is 1. The van der Waals surface area contributed by atoms with E-state index in [0.717, 1.165) is 67.0 Å². The summed E-state index contributed by atoms with van der Waals surface area (Å²) in [4.78, 5) is 48.1. The molecule has 4 aromatic rings. The third-order valence-electron chi connectivity index (χ3n) is 10.9. The van der Waals surface area contributed by atoms with Crippen LogP contribution in [0.1, 0.15) is 84.1 Å². The predicted octanol–water partition coefficient (Wildman–Crippen LogP) is 5.34. The van der Waals surface area contributed by atoms with Crippen LogP contribution in [0, 0.1) is 5.92 Å². The minimum absolute atomic E-state index is 0.209. The van der Waals surface area contributed by atoms with Crippen molar-refractivity contribution in [1.29, 1.82) is 0 Å². The molecule has 0 radical (unpaired) electrons. The van der Waals surface area contributed by atoms with Crippen molar-refractivity contribution < 1.29 is 19.1 Å². The lowest BCUT2D eigenvalue weighted by Gasteiger charge is -2.30. The number of rotatable bonds is 12. The van der Waals surface area contributed by atoms with E-state index in [2.05, 4.69) is 50.3 Å². The number of nitrogens with zero attached hydrogens (tertiary/aromatic N) is 5. The fourth-order valence-corrected chi connectivity index (χ4v) is 7.81. The van der Waals surface area contributed by atoms with Gasteiger partial charge >= 0.3 is 0 Å². The second-order valence-electron chi connectivity index (χ2n) is 14.5. The Labute approximate surface area is 307 Å². The standard InChI is InChI=1S/C39H43ClN8O4/c1-47-33(17-23-5-6-23)29(19-43-47)36-31(40)20-42-39(46-36)44-27-13-11-26(12-14-27)41-18-24-7-9-25(10-8-24)22-52-34-4-2-3-28-30(34)21-48(38(28)51)32-15-16-35(49)45-37(32)50/h2-4,7-10,19-20,23,26-27,32,41H,5-6,11-18,21-22H2,1H3,(H,42,44,46)(H,45,49,50)/t26-,27-,32-/m0/s1. The number of piperidine rings is 1. The number of hydrogen-bond acceptors (Lipinski definition) is 9. The predicted molar refractivity (Wildman–Crippen MR) is 195 cm³/mol. The summed E-state index contributed by atoms with van der Waals surface area (Å²) in [6, 6.07) is 13.9. The van der Waals surface area contributed by atoms with E-state index >= 15 is 0 Å². The second-order valence-corrected chi connectivity index (χ2v) is 14.9. The molecule has 4 heterocycles. The zero-order valence-electron chi connectivity index (χ0n) is 29.2. The van der Waals surface area contributed by atoms with Gasteiger partial charge in [-0.05, 0) is 80.5 Å². The largest absolute Gasteiger partial charge is 0.489 e. The van der Waals surface area contributed by atoms with Gasteiger partial charge in [0.1, 0.15) is 18.4 Å². The lowest BCUT2D eigenvalue weighted by Crippen LogP contribution is -2.52. The SMILES string of the molecule is Cn1ncc(-c2nc(N[C@H]3CC[C@H](NCc4ccc(COc5cccc6c5CN([C@H]5CCC(=O)NC5=O)C6=O)cc4)CC3)ncc2Cl)c1CC1CC1. The van der Waals surface area contributed by atoms with Gasteiger partial charge in [-0.25, -0.2) is 9.97 Å². The van der Waals surface area contributed by atoms with Crippen LogP contribution < -0.4 is 20.7 Å². The molecule has 2 saturated carbocycles. The number of carbonyl (C=O) groups excluding carboxylic acids is 3. The first-order valence-electron chi connectivity index (χ1n) is 18.3. The number of aromatic nitrogens is 4. The Morgan fingerprint density at radius 3 is 2.46 bits per heavy atom. The van der Waals surface area contributed by atoms with Crippen LogP contribution in [0.5, 0.6) is 5.75 Å². The molecule has 2 aliphatic carbocycles. The van der Waals surface area contributed by atoms with Crippen molar-refractivity contribution in [3.8, 4) is 17.0 Å². The molecule has 3 N–H and O–H groups in total. The third kappa shape index (κ3) is 7.40. The normalized spacial score (nSPS) is 21.6. The number of hydrogen-bond donors (Lipinski definition) is 3. The number of carbonyl (C=O) groups is 3. The fraction of sp³-hybridized carbons (Fsp3) is 0.436. The molecule has 0 spiro atoms. The van der Waals surface area contributed by atoms with Gasteiger partial charge in [0.15, 0.2) is 0 Å². The molecule has 3 amide bonds. The number of benzene rings is 2. The highest BCUT2D eigenvalue weighted by Gasteiger charge is 2.40. The average molecular weight is 723 g/mol. The summed E-state index contributed by atoms with van der Waals surface area (Å²) in [7, 11) is 1.98. The maximum Gasteiger partial charge on any atom is 0.255 e. The summed E-state index contributed by atoms with van der Waals surface area (Å²) >= 11 is 6.58. The maximum atomic E-state index is 13.1. The average Bonchev–Trinajstić information content (AvgIpc) is 3.82. The molecule has 1 atom stereocenters. The first-order valence-corrected chi connectivity index (χ1v) is 18.7. The molecule has 2 aromatic heterocycles. The Kier molecular flexibility index (Phi) is 9.67. The minimum atomic E-state index is -0.654. The van der Waals surface area contributed by atoms with Gasteiger partial charge in [0.25, 0.3) is 5.91 Å². The summed E-state index contributed by atoms with van der Waals surface area (Å²) in [6.45, 7) is 1.42. The first kappa shape index (κ1) is 34.3. The zero-order chi connectivity index (χ0) is 35.8. The van der Waals surface area contributed by atoms with Crippen LogP contribution >= 0.6 is 11.6 Å². The topological polar surface area (TPSA) is 143 Å². The van der Waals surface area contributed by atoms with Gasteiger partial charge in [0.2, 0.25) is 17.8 Å². The summed E-state index contributed by atoms with van der Waals surface area (Å²) in [6.07, 6.45) is 11.8. The molecule has 2 aliphatic heterocycles. The number of anilines is 1. The van der Waals surface area contributed by atoms with Crippen LogP contribution in [0.2, 0.25) is 5.02 Å². The molecule has 270 valence electrons. The smallest absolute Gasteiger partial charge is 0.255 e. The molecule has 52 heavy (non-hydrogen) atoms. The fourth-order valence-electron chi connectivity index (χ4n) is 7.62. The van der Waals surface area contributed by atoms with E-state index in [-0.39, 0.29) is 24.8 Å². The summed E-state index contributed by atoms with van der Waals surface area (Å²) < 4.78 is 8.14. The van der Waals surface area contributed by atoms with Crippen LogP contribution in [0.25, 0.3) is 11.3 Å². The molecular formula is C39H43ClN8O4. The van der Waals surface area contributed by atoms with E-state index in [1.165, 1.54) is 24.1 Å². The monoisotopic (exact) mass is 722 g/mol. The Bertz CT molecular complexity index is 1990. The van der Waals surface area contributed by atoms with Crippen molar-refractivity contribution in [3.63, 3.8) is 0 Å². The molecule has 12 nitrogen and oxygen atoms in total. The van der Waals surface area contributed by atoms with E-state index in [0.29, 0.717) is 47.4 Å². The van der Waals surface area contributed by atoms with Gasteiger partial charge in [-0.3, -0.25) is 24.4 Å². The quantitative estimate of drug-likeness (QED) is 0.165. The number of imide groups is 1. The molecule has 13 heteroatoms. The lowest BCUT2D eigenvalue weighted by molar-refractivity contribution is -0.136. The molecule has 4 aliphatic rings. The molecule has 0 bridgehead atoms. The number of halogens is 1. The third-order valence-corrected chi connectivity index (χ3v) is 11.1. The van der Waals surface area contributed by atoms with Crippen molar-refractivity contribution in [2.75, 3.05) is 5.32 Å². The van der Waals surface area contributed by atoms with E-state index in [9.17, 15) is 14.4 Å². The van der Waals surface area contributed by atoms with Crippen molar-refractivity contribution in [1.82, 2.24) is 35.3 Å². The molecule has 0 unspecified atom stereocenters. The van der Waals surface area contributed by atoms with Crippen LogP contribution in [-0.4, -0.2) is 60.5 Å². The summed E-state index contributed by atoms with van der Waals surface area (Å²) in [5, 5.41) is 14.7. The molecule has 2 aromatic carbocycles. The summed E-state index contributed by atoms with van der Waals surface area (Å²) in [5.41, 5.74) is 6.46. The lowest BCUT2D eigenvalue weighted by atomic mass is 9.91. The minimum Gasteiger partial charge on any atom is -0.489 e. The van der Waals surface area contributed by atoms with Crippen LogP contribution in [0.4, 0.5) is 5.95 Å². The van der Waals surface area contributed by atoms with Crippen LogP contribution in [-0.2, 0) is 42.8 Å². The molecule has 3 fully saturated rings. The zero-order valence-corrected chi connectivity index (χ0v) is 30.0. The summed E-state index contributed by atoms with van der Waals surface area (Å²) in [5.74, 6) is 1.05. The van der Waals surface area contributed by atoms with E-state index in [1.54, 1.807) is 23.2 Å². The highest BCUT2D eigenvalue weighted by molar-refractivity contribution is 6.33. The van der Waals surface area contributed by atoms with Gasteiger partial charge in [0.05, 0.1) is 29.7 Å². The van der Waals surface area contributed by atoms with Gasteiger partial charge in [-0.15, -0.1) is 0 Å². The van der Waals surface area contributed by atoms with E-state index in [1.807, 2.05) is 24.0 Å². The number of aryl methyl sites for hydroxylation is 1. The molecular weight excluding hydrogens is 680 g/mol. The Morgan fingerprint density at radius 1 is 0.923 bits per heavy atom. The highest BCUT2D eigenvalue weighted by Crippen LogP contribution is 2.37. The van der Waals surface area contributed by atoms with Crippen molar-refractivity contribution in [2.24, 2.45) is 13.0 Å². The van der Waals surface area contributed by atoms with Crippen molar-refractivity contribution >= 4 is 35.3 Å². The first-order chi connectivity index (χ1) is 25.3. The Morgan fingerprint density at radius 2 is 1.69 bits per heavy atom. The van der Waals surface area contributed by atoms with Gasteiger partial charge in [-0.2, -0.15) is 5.10 Å². The Hall–Kier alpha value is -4.81. The highest BCUT2D eigenvalue weighted by atomic mass is 35.5. The Balaban J connectivity index is 0.800. The number of amides is 3. The van der Waals surface area contributed by atoms with Gasteiger partial charge in [0, 0.05) is 54.5 Å². The van der Waals surface area contributed by atoms with E-state index < -0.39 is 11.9 Å². The van der Waals surface area contributed by atoms with Gasteiger partial charge in [-0.1, -0.05) is 41.9 Å². The maximum absolute atomic E-state index is 13.1. The second kappa shape index (κ2) is 14.7. The molecule has 1 saturated heterocycles.